The van der Waals surface area contributed by atoms with Gasteiger partial charge >= 0.3 is 0 Å². The van der Waals surface area contributed by atoms with Crippen LogP contribution in [0.25, 0.3) is 0 Å². The van der Waals surface area contributed by atoms with Crippen molar-refractivity contribution in [2.24, 2.45) is 5.73 Å². The third-order valence-corrected chi connectivity index (χ3v) is 3.06. The van der Waals surface area contributed by atoms with Gasteiger partial charge in [-0.2, -0.15) is 11.3 Å². The smallest absolute Gasteiger partial charge is 0.119 e. The molecule has 0 aliphatic rings. The zero-order chi connectivity index (χ0) is 10.7. The monoisotopic (exact) mass is 219 g/mol. The molecule has 15 heavy (non-hydrogen) atoms. The van der Waals surface area contributed by atoms with Gasteiger partial charge in [0, 0.05) is 0 Å². The predicted molar refractivity (Wildman–Crippen MR) is 63.3 cm³/mol. The molecule has 3 heteroatoms. The van der Waals surface area contributed by atoms with E-state index in [0.29, 0.717) is 0 Å². The van der Waals surface area contributed by atoms with E-state index in [0.717, 1.165) is 16.9 Å². The topological polar surface area (TPSA) is 35.2 Å². The Kier molecular flexibility index (Phi) is 3.04. The Morgan fingerprint density at radius 1 is 1.27 bits per heavy atom. The minimum Gasteiger partial charge on any atom is -0.497 e. The zero-order valence-electron chi connectivity index (χ0n) is 8.51. The molecule has 1 aromatic heterocycles. The van der Waals surface area contributed by atoms with Crippen molar-refractivity contribution in [2.45, 2.75) is 6.04 Å². The first-order valence-electron chi connectivity index (χ1n) is 4.73. The third kappa shape index (κ3) is 2.19. The molecular formula is C12H13NOS. The fourth-order valence-corrected chi connectivity index (χ4v) is 2.18. The molecular weight excluding hydrogens is 206 g/mol. The molecule has 0 aliphatic heterocycles. The number of thiophene rings is 1. The van der Waals surface area contributed by atoms with E-state index in [1.807, 2.05) is 29.6 Å². The molecule has 2 rings (SSSR count). The van der Waals surface area contributed by atoms with Gasteiger partial charge in [0.1, 0.15) is 5.75 Å². The van der Waals surface area contributed by atoms with Crippen LogP contribution in [0.15, 0.2) is 41.1 Å². The van der Waals surface area contributed by atoms with Gasteiger partial charge in [0.15, 0.2) is 0 Å². The Balaban J connectivity index is 2.29. The number of rotatable bonds is 3. The lowest BCUT2D eigenvalue weighted by molar-refractivity contribution is 0.414. The number of hydrogen-bond acceptors (Lipinski definition) is 3. The van der Waals surface area contributed by atoms with Crippen LogP contribution in [0.2, 0.25) is 0 Å². The van der Waals surface area contributed by atoms with E-state index in [9.17, 15) is 0 Å². The molecule has 0 fully saturated rings. The molecule has 0 amide bonds. The molecule has 78 valence electrons. The summed E-state index contributed by atoms with van der Waals surface area (Å²) in [4.78, 5) is 0. The van der Waals surface area contributed by atoms with E-state index in [1.54, 1.807) is 18.4 Å². The van der Waals surface area contributed by atoms with Crippen molar-refractivity contribution in [3.63, 3.8) is 0 Å². The SMILES string of the molecule is COc1cccc([C@@H](N)c2ccsc2)c1. The second kappa shape index (κ2) is 4.47. The maximum atomic E-state index is 6.14. The quantitative estimate of drug-likeness (QED) is 0.861. The molecule has 1 atom stereocenters. The second-order valence-electron chi connectivity index (χ2n) is 3.31. The number of nitrogens with two attached hydrogens (primary N) is 1. The summed E-state index contributed by atoms with van der Waals surface area (Å²) in [6, 6.07) is 9.86. The first-order chi connectivity index (χ1) is 7.31. The van der Waals surface area contributed by atoms with Crippen LogP contribution in [0.3, 0.4) is 0 Å². The van der Waals surface area contributed by atoms with Crippen LogP contribution in [0.1, 0.15) is 17.2 Å². The Morgan fingerprint density at radius 2 is 2.13 bits per heavy atom. The van der Waals surface area contributed by atoms with Gasteiger partial charge in [-0.05, 0) is 40.1 Å². The lowest BCUT2D eigenvalue weighted by atomic mass is 10.0. The molecule has 0 aliphatic carbocycles. The molecule has 0 unspecified atom stereocenters. The average Bonchev–Trinajstić information content (AvgIpc) is 2.81. The van der Waals surface area contributed by atoms with E-state index >= 15 is 0 Å². The minimum atomic E-state index is -0.0636. The van der Waals surface area contributed by atoms with Crippen molar-refractivity contribution < 1.29 is 4.74 Å². The molecule has 0 bridgehead atoms. The van der Waals surface area contributed by atoms with Crippen molar-refractivity contribution in [3.8, 4) is 5.75 Å². The van der Waals surface area contributed by atoms with Gasteiger partial charge in [-0.15, -0.1) is 0 Å². The Hall–Kier alpha value is -1.32. The molecule has 2 aromatic rings. The normalized spacial score (nSPS) is 12.4. The van der Waals surface area contributed by atoms with E-state index < -0.39 is 0 Å². The van der Waals surface area contributed by atoms with E-state index in [2.05, 4.69) is 11.4 Å². The summed E-state index contributed by atoms with van der Waals surface area (Å²) in [6.45, 7) is 0. The lowest BCUT2D eigenvalue weighted by Crippen LogP contribution is -2.10. The summed E-state index contributed by atoms with van der Waals surface area (Å²) >= 11 is 1.66. The second-order valence-corrected chi connectivity index (χ2v) is 4.09. The molecule has 2 nitrogen and oxygen atoms in total. The minimum absolute atomic E-state index is 0.0636. The van der Waals surface area contributed by atoms with Gasteiger partial charge in [-0.3, -0.25) is 0 Å². The van der Waals surface area contributed by atoms with Gasteiger partial charge in [0.05, 0.1) is 13.2 Å². The van der Waals surface area contributed by atoms with Crippen LogP contribution in [0, 0.1) is 0 Å². The van der Waals surface area contributed by atoms with Crippen molar-refractivity contribution in [1.29, 1.82) is 0 Å². The van der Waals surface area contributed by atoms with E-state index in [1.165, 1.54) is 0 Å². The number of hydrogen-bond donors (Lipinski definition) is 1. The fraction of sp³-hybridized carbons (Fsp3) is 0.167. The Bertz CT molecular complexity index is 425. The summed E-state index contributed by atoms with van der Waals surface area (Å²) in [5, 5.41) is 4.11. The Morgan fingerprint density at radius 3 is 2.80 bits per heavy atom. The predicted octanol–water partition coefficient (Wildman–Crippen LogP) is 2.80. The molecule has 1 heterocycles. The van der Waals surface area contributed by atoms with Crippen LogP contribution in [0.4, 0.5) is 0 Å². The highest BCUT2D eigenvalue weighted by Gasteiger charge is 2.09. The third-order valence-electron chi connectivity index (χ3n) is 2.36. The molecule has 0 saturated carbocycles. The molecule has 2 N–H and O–H groups in total. The standard InChI is InChI=1S/C12H13NOS/c1-14-11-4-2-3-9(7-11)12(13)10-5-6-15-8-10/h2-8,12H,13H2,1H3/t12-/m1/s1. The molecule has 1 aromatic carbocycles. The van der Waals surface area contributed by atoms with Crippen LogP contribution >= 0.6 is 11.3 Å². The average molecular weight is 219 g/mol. The number of methoxy groups -OCH3 is 1. The summed E-state index contributed by atoms with van der Waals surface area (Å²) in [5.41, 5.74) is 8.36. The van der Waals surface area contributed by atoms with Gasteiger partial charge in [-0.1, -0.05) is 12.1 Å². The van der Waals surface area contributed by atoms with E-state index in [-0.39, 0.29) is 6.04 Å². The highest BCUT2D eigenvalue weighted by Crippen LogP contribution is 2.24. The summed E-state index contributed by atoms with van der Waals surface area (Å²) < 4.78 is 5.17. The summed E-state index contributed by atoms with van der Waals surface area (Å²) in [6.07, 6.45) is 0. The summed E-state index contributed by atoms with van der Waals surface area (Å²) in [7, 11) is 1.66. The maximum absolute atomic E-state index is 6.14. The van der Waals surface area contributed by atoms with Gasteiger partial charge in [0.2, 0.25) is 0 Å². The van der Waals surface area contributed by atoms with Crippen molar-refractivity contribution in [2.75, 3.05) is 7.11 Å². The highest BCUT2D eigenvalue weighted by atomic mass is 32.1. The van der Waals surface area contributed by atoms with Crippen LogP contribution < -0.4 is 10.5 Å². The van der Waals surface area contributed by atoms with Crippen LogP contribution in [-0.2, 0) is 0 Å². The van der Waals surface area contributed by atoms with Gasteiger partial charge in [-0.25, -0.2) is 0 Å². The largest absolute Gasteiger partial charge is 0.497 e. The van der Waals surface area contributed by atoms with Gasteiger partial charge in [0.25, 0.3) is 0 Å². The molecule has 0 spiro atoms. The highest BCUT2D eigenvalue weighted by molar-refractivity contribution is 7.08. The number of ether oxygens (including phenoxy) is 1. The van der Waals surface area contributed by atoms with E-state index in [4.69, 9.17) is 10.5 Å². The summed E-state index contributed by atoms with van der Waals surface area (Å²) in [5.74, 6) is 0.846. The van der Waals surface area contributed by atoms with Crippen molar-refractivity contribution in [1.82, 2.24) is 0 Å². The zero-order valence-corrected chi connectivity index (χ0v) is 9.33. The first kappa shape index (κ1) is 10.2. The van der Waals surface area contributed by atoms with Crippen LogP contribution in [-0.4, -0.2) is 7.11 Å². The first-order valence-corrected chi connectivity index (χ1v) is 5.67. The van der Waals surface area contributed by atoms with Crippen LogP contribution in [0.5, 0.6) is 5.75 Å². The number of benzene rings is 1. The Labute approximate surface area is 93.3 Å². The fourth-order valence-electron chi connectivity index (χ4n) is 1.48. The van der Waals surface area contributed by atoms with Crippen molar-refractivity contribution >= 4 is 11.3 Å². The van der Waals surface area contributed by atoms with Crippen molar-refractivity contribution in [3.05, 3.63) is 52.2 Å². The maximum Gasteiger partial charge on any atom is 0.119 e. The molecule has 0 saturated heterocycles. The molecule has 0 radical (unpaired) electrons. The van der Waals surface area contributed by atoms with Gasteiger partial charge < -0.3 is 10.5 Å². The lowest BCUT2D eigenvalue weighted by Gasteiger charge is -2.11.